The molecule has 0 fully saturated rings. The quantitative estimate of drug-likeness (QED) is 0.535. The van der Waals surface area contributed by atoms with E-state index in [0.717, 1.165) is 12.2 Å². The average Bonchev–Trinajstić information content (AvgIpc) is 1.83. The zero-order valence-electron chi connectivity index (χ0n) is 4.19. The van der Waals surface area contributed by atoms with Gasteiger partial charge >= 0.3 is 126 Å². The summed E-state index contributed by atoms with van der Waals surface area (Å²) >= 11 is 5.66. The van der Waals surface area contributed by atoms with Crippen LogP contribution in [0.25, 0.3) is 0 Å². The van der Waals surface area contributed by atoms with Gasteiger partial charge in [-0.1, -0.05) is 0 Å². The molecular formula is C4H9AuNa2O2S. The first-order valence-electron chi connectivity index (χ1n) is 2.20. The summed E-state index contributed by atoms with van der Waals surface area (Å²) in [5.74, 6) is 0.561. The van der Waals surface area contributed by atoms with E-state index in [1.807, 2.05) is 0 Å². The number of carbonyl (C=O) groups is 1. The summed E-state index contributed by atoms with van der Waals surface area (Å²) in [5.41, 5.74) is 0. The van der Waals surface area contributed by atoms with Crippen LogP contribution in [0.5, 0.6) is 0 Å². The van der Waals surface area contributed by atoms with Gasteiger partial charge in [0.1, 0.15) is 0 Å². The molecule has 0 rings (SSSR count). The van der Waals surface area contributed by atoms with Gasteiger partial charge in [0, 0.05) is 0 Å². The molecule has 0 spiro atoms. The monoisotopic (exact) mass is 364 g/mol. The van der Waals surface area contributed by atoms with Crippen LogP contribution >= 0.6 is 12.6 Å². The first-order chi connectivity index (χ1) is 3.81. The Hall–Kier alpha value is 2.56. The summed E-state index contributed by atoms with van der Waals surface area (Å²) in [6.45, 7) is 0. The zero-order valence-corrected chi connectivity index (χ0v) is 7.25. The predicted molar refractivity (Wildman–Crippen MR) is 43.5 cm³/mol. The molecule has 0 saturated carbocycles. The van der Waals surface area contributed by atoms with E-state index in [1.165, 1.54) is 0 Å². The number of carbonyl (C=O) groups excluding carboxylic acids is 1. The Morgan fingerprint density at radius 2 is 2.00 bits per heavy atom. The van der Waals surface area contributed by atoms with Crippen molar-refractivity contribution in [2.24, 2.45) is 0 Å². The molecule has 0 saturated heterocycles. The van der Waals surface area contributed by atoms with Crippen LogP contribution in [0.4, 0.5) is 0 Å². The van der Waals surface area contributed by atoms with Crippen molar-refractivity contribution in [3.05, 3.63) is 0 Å². The van der Waals surface area contributed by atoms with E-state index in [4.69, 9.17) is 0 Å². The molecule has 0 heterocycles. The van der Waals surface area contributed by atoms with Crippen molar-refractivity contribution in [2.45, 2.75) is 12.8 Å². The molecule has 0 amide bonds. The number of thiol groups is 1. The van der Waals surface area contributed by atoms with Gasteiger partial charge in [-0.25, -0.2) is 0 Å². The first kappa shape index (κ1) is 18.4. The van der Waals surface area contributed by atoms with E-state index in [-0.39, 0.29) is 65.1 Å². The van der Waals surface area contributed by atoms with Crippen LogP contribution in [-0.2, 0) is 29.5 Å². The van der Waals surface area contributed by atoms with Crippen molar-refractivity contribution in [2.75, 3.05) is 5.75 Å². The fourth-order valence-corrected chi connectivity index (χ4v) is 0.633. The fraction of sp³-hybridized carbons (Fsp3) is 0.750. The molecule has 56 valence electrons. The Bertz CT molecular complexity index is 83.7. The van der Waals surface area contributed by atoms with Crippen LogP contribution in [-0.4, -0.2) is 70.8 Å². The predicted octanol–water partition coefficient (Wildman–Crippen LogP) is -0.596. The Morgan fingerprint density at radius 1 is 1.50 bits per heavy atom. The number of rotatable bonds is 3. The van der Waals surface area contributed by atoms with Crippen LogP contribution in [0.1, 0.15) is 12.8 Å². The molecular weight excluding hydrogens is 355 g/mol. The SMILES string of the molecule is O=C(CCCS)[O][Au].[NaH].[NaH]. The van der Waals surface area contributed by atoms with Crippen LogP contribution < -0.4 is 0 Å². The summed E-state index contributed by atoms with van der Waals surface area (Å²) in [6.07, 6.45) is 1.26. The van der Waals surface area contributed by atoms with Crippen LogP contribution in [0.2, 0.25) is 0 Å². The van der Waals surface area contributed by atoms with Gasteiger partial charge in [0.15, 0.2) is 0 Å². The third-order valence-electron chi connectivity index (χ3n) is 0.608. The van der Waals surface area contributed by atoms with Crippen molar-refractivity contribution >= 4 is 77.7 Å². The van der Waals surface area contributed by atoms with E-state index in [0.29, 0.717) is 6.42 Å². The van der Waals surface area contributed by atoms with Crippen LogP contribution in [0.15, 0.2) is 0 Å². The molecule has 0 aliphatic carbocycles. The Kier molecular flexibility index (Phi) is 25.9. The summed E-state index contributed by atoms with van der Waals surface area (Å²) in [5, 5.41) is 0. The van der Waals surface area contributed by atoms with Gasteiger partial charge in [-0.05, 0) is 0 Å². The van der Waals surface area contributed by atoms with Gasteiger partial charge in [0.25, 0.3) is 0 Å². The maximum absolute atomic E-state index is 10.3. The van der Waals surface area contributed by atoms with Crippen molar-refractivity contribution in [1.29, 1.82) is 0 Å². The van der Waals surface area contributed by atoms with Gasteiger partial charge in [-0.15, -0.1) is 0 Å². The van der Waals surface area contributed by atoms with E-state index >= 15 is 0 Å². The molecule has 0 N–H and O–H groups in total. The molecule has 6 heteroatoms. The van der Waals surface area contributed by atoms with Crippen LogP contribution in [0, 0.1) is 0 Å². The second-order valence-electron chi connectivity index (χ2n) is 1.26. The minimum absolute atomic E-state index is 0. The third kappa shape index (κ3) is 13.2. The van der Waals surface area contributed by atoms with Crippen molar-refractivity contribution in [1.82, 2.24) is 0 Å². The molecule has 0 unspecified atom stereocenters. The van der Waals surface area contributed by atoms with Gasteiger partial charge in [0.2, 0.25) is 0 Å². The molecule has 0 aromatic carbocycles. The van der Waals surface area contributed by atoms with E-state index in [1.54, 1.807) is 21.5 Å². The van der Waals surface area contributed by atoms with Gasteiger partial charge in [-0.2, -0.15) is 0 Å². The van der Waals surface area contributed by atoms with E-state index in [2.05, 4.69) is 15.9 Å². The Morgan fingerprint density at radius 3 is 2.30 bits per heavy atom. The summed E-state index contributed by atoms with van der Waals surface area (Å²) in [6, 6.07) is 0. The minimum atomic E-state index is -0.178. The molecule has 10 heavy (non-hydrogen) atoms. The molecule has 2 nitrogen and oxygen atoms in total. The average molecular weight is 364 g/mol. The molecule has 0 aromatic heterocycles. The molecule has 0 bridgehead atoms. The van der Waals surface area contributed by atoms with Crippen molar-refractivity contribution in [3.8, 4) is 0 Å². The first-order valence-corrected chi connectivity index (χ1v) is 3.72. The molecule has 0 aliphatic heterocycles. The van der Waals surface area contributed by atoms with Crippen molar-refractivity contribution in [3.63, 3.8) is 0 Å². The third-order valence-corrected chi connectivity index (χ3v) is 1.42. The molecule has 0 atom stereocenters. The van der Waals surface area contributed by atoms with E-state index < -0.39 is 0 Å². The summed E-state index contributed by atoms with van der Waals surface area (Å²) in [4.78, 5) is 10.3. The summed E-state index contributed by atoms with van der Waals surface area (Å²) in [7, 11) is 0. The Labute approximate surface area is 124 Å². The number of hydrogen-bond donors (Lipinski definition) is 1. The van der Waals surface area contributed by atoms with Gasteiger partial charge in [0.05, 0.1) is 0 Å². The van der Waals surface area contributed by atoms with Crippen LogP contribution in [0.3, 0.4) is 0 Å². The number of hydrogen-bond acceptors (Lipinski definition) is 3. The van der Waals surface area contributed by atoms with Crippen molar-refractivity contribution < 1.29 is 29.5 Å². The molecule has 0 aromatic rings. The second kappa shape index (κ2) is 14.1. The van der Waals surface area contributed by atoms with Gasteiger partial charge < -0.3 is 0 Å². The topological polar surface area (TPSA) is 26.3 Å². The second-order valence-corrected chi connectivity index (χ2v) is 2.15. The summed E-state index contributed by atoms with van der Waals surface area (Å²) < 4.78 is 4.32. The normalized spacial score (nSPS) is 7.10. The zero-order chi connectivity index (χ0) is 6.41. The molecule has 0 aliphatic rings. The Balaban J connectivity index is -0.000000245. The standard InChI is InChI=1S/C4H8O2S.Au.2Na.2H/c5-4(6)2-1-3-7;;;;;/h7H,1-3H2,(H,5,6);;;;;/q;+1;;;;/p-1. The van der Waals surface area contributed by atoms with E-state index in [9.17, 15) is 4.79 Å². The molecule has 0 radical (unpaired) electrons. The fourth-order valence-electron chi connectivity index (χ4n) is 0.254. The van der Waals surface area contributed by atoms with Gasteiger partial charge in [-0.3, -0.25) is 0 Å². The maximum atomic E-state index is 10.3.